The van der Waals surface area contributed by atoms with Crippen molar-refractivity contribution in [1.29, 1.82) is 0 Å². The Balaban J connectivity index is 0.000000174. The smallest absolute Gasteiger partial charge is 0.407 e. The standard InChI is InChI=1S/C29H38ClN5O5.C24H30ClN5O3.2C22H24ClN5O3/c1-17-11-20(15-35(7)18(2)19(3)36)23(13-22(17)30)34-27-21-12-26(25(38-8)14-24(21)32-16-33-27)39-10-9-31-28(37)40-29(4,5)6;1-14-8-17(12-30(4)15(2)16(3)31)20(10-19(14)25)29-24-18-9-23(33-7-6-26)22(32-5)11-21(18)27-13-28-24;2*1-12-6-14-10-25-13(2)22(29)24-4-5-31-20-7-15-18(9-19(20)30-3)26-11-27-21(15)28-17(14)8-16(12)23/h11-14,16,18H,9-10,15H2,1-8H3,(H,31,37)(H,32,33,34);8-11,13,15H,6-7,12,26H2,1-5H3,(H,27,28,29);2*6-9,11,13,25H,4-5,10H2,1-3H3,(H,24,29)(H,26,27,28). The van der Waals surface area contributed by atoms with Crippen molar-refractivity contribution in [3.63, 3.8) is 0 Å². The first kappa shape index (κ1) is 103. The first-order valence-corrected chi connectivity index (χ1v) is 45.1. The lowest BCUT2D eigenvalue weighted by molar-refractivity contribution is -0.123. The van der Waals surface area contributed by atoms with Gasteiger partial charge in [0.15, 0.2) is 46.0 Å². The number of rotatable bonds is 23. The van der Waals surface area contributed by atoms with Gasteiger partial charge < -0.3 is 96.2 Å². The third kappa shape index (κ3) is 27.3. The number of fused-ring (bicyclic) bond motifs is 6. The van der Waals surface area contributed by atoms with Crippen LogP contribution in [0.4, 0.5) is 50.8 Å². The number of carbonyl (C=O) groups excluding carboxylic acids is 5. The highest BCUT2D eigenvalue weighted by Crippen LogP contribution is 2.43. The number of hydrogen-bond donors (Lipinski definition) is 10. The van der Waals surface area contributed by atoms with E-state index in [-0.39, 0.29) is 60.7 Å². The maximum atomic E-state index is 12.4. The van der Waals surface area contributed by atoms with Gasteiger partial charge in [0.05, 0.1) is 94.3 Å². The average Bonchev–Trinajstić information content (AvgIpc) is 1.02. The molecule has 14 rings (SSSR count). The number of nitrogens with one attached hydrogen (secondary N) is 9. The first-order chi connectivity index (χ1) is 64.4. The van der Waals surface area contributed by atoms with Gasteiger partial charge in [-0.3, -0.25) is 29.0 Å². The van der Waals surface area contributed by atoms with Crippen LogP contribution in [0.15, 0.2) is 122 Å². The van der Waals surface area contributed by atoms with E-state index >= 15 is 0 Å². The van der Waals surface area contributed by atoms with Gasteiger partial charge in [-0.05, 0) is 197 Å². The summed E-state index contributed by atoms with van der Waals surface area (Å²) in [7, 11) is 10.1. The number of aryl methyl sites for hydroxylation is 4. The Morgan fingerprint density at radius 3 is 1.25 bits per heavy atom. The zero-order valence-corrected chi connectivity index (χ0v) is 82.1. The van der Waals surface area contributed by atoms with Crippen LogP contribution in [0.3, 0.4) is 0 Å². The number of amides is 3. The van der Waals surface area contributed by atoms with Gasteiger partial charge in [-0.25, -0.2) is 44.7 Å². The molecule has 0 fully saturated rings. The second kappa shape index (κ2) is 47.4. The summed E-state index contributed by atoms with van der Waals surface area (Å²) in [5.74, 6) is 6.69. The minimum atomic E-state index is -0.585. The van der Waals surface area contributed by atoms with E-state index in [2.05, 4.69) is 87.7 Å². The van der Waals surface area contributed by atoms with Gasteiger partial charge in [-0.15, -0.1) is 0 Å². The van der Waals surface area contributed by atoms with Crippen LogP contribution >= 0.6 is 46.4 Å². The molecule has 135 heavy (non-hydrogen) atoms. The summed E-state index contributed by atoms with van der Waals surface area (Å²) in [5, 5.41) is 34.1. The number of ketones is 2. The van der Waals surface area contributed by atoms with Crippen molar-refractivity contribution in [1.82, 2.24) is 76.3 Å². The highest BCUT2D eigenvalue weighted by molar-refractivity contribution is 6.33. The third-order valence-electron chi connectivity index (χ3n) is 22.3. The fourth-order valence-corrected chi connectivity index (χ4v) is 14.8. The Kier molecular flexibility index (Phi) is 36.1. The van der Waals surface area contributed by atoms with Crippen LogP contribution in [0.25, 0.3) is 43.6 Å². The molecule has 8 aromatic carbocycles. The maximum Gasteiger partial charge on any atom is 0.407 e. The molecule has 0 saturated carbocycles. The number of benzene rings is 8. The van der Waals surface area contributed by atoms with Crippen LogP contribution in [-0.2, 0) is 50.1 Å². The topological polar surface area (TPSA) is 412 Å². The predicted octanol–water partition coefficient (Wildman–Crippen LogP) is 16.4. The molecule has 6 heterocycles. The highest BCUT2D eigenvalue weighted by Gasteiger charge is 2.26. The van der Waals surface area contributed by atoms with Crippen LogP contribution in [0, 0.1) is 27.7 Å². The number of carbonyl (C=O) groups is 5. The quantitative estimate of drug-likeness (QED) is 0.0266. The number of nitrogens with two attached hydrogens (primary N) is 1. The molecule has 12 aromatic rings. The zero-order valence-electron chi connectivity index (χ0n) is 79.1. The molecule has 0 radical (unpaired) electrons. The molecule has 3 amide bonds. The van der Waals surface area contributed by atoms with Gasteiger partial charge in [0.25, 0.3) is 0 Å². The zero-order chi connectivity index (χ0) is 97.6. The van der Waals surface area contributed by atoms with E-state index in [4.69, 9.17) is 94.8 Å². The van der Waals surface area contributed by atoms with Crippen molar-refractivity contribution in [3.05, 3.63) is 187 Å². The van der Waals surface area contributed by atoms with Gasteiger partial charge in [-0.2, -0.15) is 0 Å². The minimum absolute atomic E-state index is 0.0901. The van der Waals surface area contributed by atoms with Gasteiger partial charge in [-0.1, -0.05) is 70.7 Å². The number of halogens is 4. The normalized spacial score (nSPS) is 14.4. The average molecular weight is 1930 g/mol. The molecule has 0 aliphatic carbocycles. The van der Waals surface area contributed by atoms with Crippen molar-refractivity contribution in [2.75, 3.05) is 116 Å². The lowest BCUT2D eigenvalue weighted by Gasteiger charge is -2.24. The monoisotopic (exact) mass is 1920 g/mol. The molecule has 34 nitrogen and oxygen atoms in total. The van der Waals surface area contributed by atoms with Crippen molar-refractivity contribution in [3.8, 4) is 46.0 Å². The van der Waals surface area contributed by atoms with Gasteiger partial charge in [0, 0.05) is 121 Å². The first-order valence-electron chi connectivity index (χ1n) is 43.6. The number of aromatic nitrogens is 8. The SMILES string of the molecule is COc1cc2ncnc(Nc3cc(Cl)c(C)cc3CN(C)C(C)C(C)=O)c2cc1OCCN.COc1cc2ncnc(Nc3cc(Cl)c(C)cc3CN(C)C(C)C(C)=O)c2cc1OCCNC(=O)OC(C)(C)C.COc1cc2ncnc3c2cc1OCCNC(=O)C(C)NCc1cc(C)c(Cl)cc1N3.COc1cc2ncnc3c2cc1OCCNC(=O)C(C)NCc1cc(C)c(Cl)cc1N3. The summed E-state index contributed by atoms with van der Waals surface area (Å²) in [5.41, 5.74) is 18.6. The predicted molar refractivity (Wildman–Crippen MR) is 529 cm³/mol. The van der Waals surface area contributed by atoms with Gasteiger partial charge in [0.2, 0.25) is 11.8 Å². The van der Waals surface area contributed by atoms with E-state index in [1.807, 2.05) is 146 Å². The molecular weight excluding hydrogens is 1810 g/mol. The molecule has 4 bridgehead atoms. The molecule has 0 spiro atoms. The Morgan fingerprint density at radius 1 is 0.496 bits per heavy atom. The van der Waals surface area contributed by atoms with E-state index in [9.17, 15) is 24.0 Å². The minimum Gasteiger partial charge on any atom is -0.493 e. The Bertz CT molecular complexity index is 6120. The third-order valence-corrected chi connectivity index (χ3v) is 23.9. The van der Waals surface area contributed by atoms with E-state index in [1.54, 1.807) is 93.4 Å². The maximum absolute atomic E-state index is 12.4. The number of nitrogens with zero attached hydrogens (tertiary/aromatic N) is 10. The summed E-state index contributed by atoms with van der Waals surface area (Å²) in [6, 6.07) is 28.8. The van der Waals surface area contributed by atoms with Crippen LogP contribution < -0.4 is 91.5 Å². The van der Waals surface area contributed by atoms with E-state index in [1.165, 1.54) is 25.3 Å². The summed E-state index contributed by atoms with van der Waals surface area (Å²) < 4.78 is 50.6. The van der Waals surface area contributed by atoms with E-state index in [0.29, 0.717) is 182 Å². The van der Waals surface area contributed by atoms with Crippen LogP contribution in [0.2, 0.25) is 20.1 Å². The number of ether oxygens (including phenoxy) is 9. The molecule has 4 atom stereocenters. The summed E-state index contributed by atoms with van der Waals surface area (Å²) in [4.78, 5) is 99.9. The van der Waals surface area contributed by atoms with Gasteiger partial charge >= 0.3 is 6.09 Å². The Labute approximate surface area is 804 Å². The lowest BCUT2D eigenvalue weighted by Crippen LogP contribution is -2.43. The molecular formula is C97H116Cl4N20O14. The van der Waals surface area contributed by atoms with Crippen LogP contribution in [0.5, 0.6) is 46.0 Å². The number of alkyl carbamates (subject to hydrolysis) is 1. The number of anilines is 8. The molecule has 2 aliphatic heterocycles. The number of methoxy groups -OCH3 is 4. The molecule has 11 N–H and O–H groups in total. The molecule has 4 unspecified atom stereocenters. The Hall–Kier alpha value is -12.8. The molecule has 4 aromatic heterocycles. The Morgan fingerprint density at radius 2 is 0.867 bits per heavy atom. The largest absolute Gasteiger partial charge is 0.493 e. The van der Waals surface area contributed by atoms with Crippen molar-refractivity contribution in [2.24, 2.45) is 5.73 Å². The molecule has 716 valence electrons. The molecule has 2 aliphatic rings. The van der Waals surface area contributed by atoms with Crippen molar-refractivity contribution in [2.45, 2.75) is 146 Å². The van der Waals surface area contributed by atoms with Crippen LogP contribution in [0.1, 0.15) is 107 Å². The molecule has 38 heteroatoms. The number of hydrogen-bond acceptors (Lipinski definition) is 31. The lowest BCUT2D eigenvalue weighted by atomic mass is 10.1. The fraction of sp³-hybridized carbons (Fsp3) is 0.371. The second-order valence-corrected chi connectivity index (χ2v) is 34.9. The molecule has 0 saturated heterocycles. The highest BCUT2D eigenvalue weighted by atomic mass is 35.5. The fourth-order valence-electron chi connectivity index (χ4n) is 14.2. The summed E-state index contributed by atoms with van der Waals surface area (Å²) in [6.07, 6.45) is 5.44. The summed E-state index contributed by atoms with van der Waals surface area (Å²) in [6.45, 7) is 28.4. The second-order valence-electron chi connectivity index (χ2n) is 33.3. The van der Waals surface area contributed by atoms with Crippen molar-refractivity contribution < 1.29 is 66.6 Å². The summed E-state index contributed by atoms with van der Waals surface area (Å²) >= 11 is 25.8. The van der Waals surface area contributed by atoms with Crippen molar-refractivity contribution >= 4 is 166 Å². The number of likely N-dealkylation sites (N-methyl/N-ethyl adjacent to an activating group) is 2. The van der Waals surface area contributed by atoms with Crippen LogP contribution in [-0.4, -0.2) is 204 Å². The van der Waals surface area contributed by atoms with E-state index < -0.39 is 11.7 Å². The van der Waals surface area contributed by atoms with E-state index in [0.717, 1.165) is 83.4 Å². The van der Waals surface area contributed by atoms with Gasteiger partial charge in [0.1, 0.15) is 92.2 Å². The number of Topliss-reactive ketones (excluding diaryl/α,β-unsaturated/α-hetero) is 2.